The van der Waals surface area contributed by atoms with E-state index in [1.54, 1.807) is 0 Å². The van der Waals surface area contributed by atoms with E-state index in [2.05, 4.69) is 18.8 Å². The summed E-state index contributed by atoms with van der Waals surface area (Å²) in [6.07, 6.45) is 19.8. The summed E-state index contributed by atoms with van der Waals surface area (Å²) in [6.45, 7) is 2.27. The molecule has 0 aromatic heterocycles. The van der Waals surface area contributed by atoms with Gasteiger partial charge in [0.15, 0.2) is 0 Å². The Kier molecular flexibility index (Phi) is 18.1. The van der Waals surface area contributed by atoms with Crippen LogP contribution < -0.4 is 0 Å². The van der Waals surface area contributed by atoms with Crippen molar-refractivity contribution < 1.29 is 10.2 Å². The Hall–Kier alpha value is -0.520. The summed E-state index contributed by atoms with van der Waals surface area (Å²) in [7, 11) is 0. The monoisotopic (exact) mass is 310 g/mol. The highest BCUT2D eigenvalue weighted by atomic mass is 16.5. The number of hydrogen-bond donors (Lipinski definition) is 2. The third-order valence-electron chi connectivity index (χ3n) is 4.14. The second kappa shape index (κ2) is 18.5. The average Bonchev–Trinajstić information content (AvgIpc) is 2.50. The lowest BCUT2D eigenvalue weighted by Crippen LogP contribution is -1.97. The minimum Gasteiger partial charge on any atom is -0.358 e. The Balaban J connectivity index is 3.02. The smallest absolute Gasteiger partial charge is 0.217 e. The topological polar surface area (TPSA) is 40.5 Å². The molecule has 0 radical (unpaired) electrons. The van der Waals surface area contributed by atoms with E-state index in [-0.39, 0.29) is 0 Å². The molecule has 0 aliphatic carbocycles. The molecule has 0 aromatic rings. The number of aliphatic hydroxyl groups is 2. The van der Waals surface area contributed by atoms with Crippen molar-refractivity contribution >= 4 is 0 Å². The molecule has 0 spiro atoms. The zero-order valence-electron chi connectivity index (χ0n) is 14.8. The van der Waals surface area contributed by atoms with Gasteiger partial charge in [-0.3, -0.25) is 0 Å². The van der Waals surface area contributed by atoms with Crippen molar-refractivity contribution in [3.8, 4) is 11.8 Å². The van der Waals surface area contributed by atoms with E-state index in [0.29, 0.717) is 0 Å². The summed E-state index contributed by atoms with van der Waals surface area (Å²) < 4.78 is 0. The first-order chi connectivity index (χ1) is 10.8. The summed E-state index contributed by atoms with van der Waals surface area (Å²) in [5.74, 6) is 5.14. The minimum absolute atomic E-state index is 0.788. The molecule has 2 N–H and O–H groups in total. The second-order valence-corrected chi connectivity index (χ2v) is 6.39. The first kappa shape index (κ1) is 21.5. The van der Waals surface area contributed by atoms with E-state index >= 15 is 0 Å². The highest BCUT2D eigenvalue weighted by Gasteiger charge is 1.94. The van der Waals surface area contributed by atoms with Crippen LogP contribution in [0.2, 0.25) is 0 Å². The molecule has 0 amide bonds. The van der Waals surface area contributed by atoms with Crippen molar-refractivity contribution in [2.24, 2.45) is 0 Å². The Bertz CT molecular complexity index is 263. The van der Waals surface area contributed by atoms with Crippen LogP contribution in [0, 0.1) is 11.8 Å². The zero-order valence-corrected chi connectivity index (χ0v) is 14.8. The van der Waals surface area contributed by atoms with Crippen molar-refractivity contribution in [1.82, 2.24) is 0 Å². The molecular weight excluding hydrogens is 272 g/mol. The van der Waals surface area contributed by atoms with Crippen LogP contribution in [0.1, 0.15) is 110 Å². The van der Waals surface area contributed by atoms with Gasteiger partial charge in [-0.15, -0.1) is 0 Å². The summed E-state index contributed by atoms with van der Waals surface area (Å²) in [4.78, 5) is 0. The van der Waals surface area contributed by atoms with Gasteiger partial charge in [0.2, 0.25) is 6.29 Å². The van der Waals surface area contributed by atoms with Crippen LogP contribution in [-0.4, -0.2) is 16.5 Å². The normalized spacial score (nSPS) is 10.7. The van der Waals surface area contributed by atoms with Gasteiger partial charge in [0, 0.05) is 6.42 Å². The van der Waals surface area contributed by atoms with Crippen LogP contribution in [0.4, 0.5) is 0 Å². The first-order valence-electron chi connectivity index (χ1n) is 9.62. The van der Waals surface area contributed by atoms with E-state index in [9.17, 15) is 0 Å². The lowest BCUT2D eigenvalue weighted by atomic mass is 10.0. The summed E-state index contributed by atoms with van der Waals surface area (Å²) in [6, 6.07) is 0. The van der Waals surface area contributed by atoms with E-state index in [4.69, 9.17) is 10.2 Å². The van der Waals surface area contributed by atoms with Crippen LogP contribution in [-0.2, 0) is 0 Å². The molecule has 130 valence electrons. The van der Waals surface area contributed by atoms with E-state index in [1.165, 1.54) is 89.9 Å². The molecule has 0 bridgehead atoms. The van der Waals surface area contributed by atoms with Crippen LogP contribution in [0.25, 0.3) is 0 Å². The molecule has 0 saturated carbocycles. The van der Waals surface area contributed by atoms with Gasteiger partial charge in [0.25, 0.3) is 0 Å². The average molecular weight is 311 g/mol. The molecule has 0 saturated heterocycles. The fourth-order valence-corrected chi connectivity index (χ4v) is 2.75. The second-order valence-electron chi connectivity index (χ2n) is 6.39. The first-order valence-corrected chi connectivity index (χ1v) is 9.62. The molecule has 0 unspecified atom stereocenters. The Morgan fingerprint density at radius 1 is 0.591 bits per heavy atom. The van der Waals surface area contributed by atoms with Gasteiger partial charge in [0.1, 0.15) is 0 Å². The van der Waals surface area contributed by atoms with Gasteiger partial charge in [-0.1, -0.05) is 103 Å². The molecule has 2 nitrogen and oxygen atoms in total. The predicted octanol–water partition coefficient (Wildman–Crippen LogP) is 5.56. The lowest BCUT2D eigenvalue weighted by Gasteiger charge is -2.03. The maximum Gasteiger partial charge on any atom is 0.217 e. The van der Waals surface area contributed by atoms with Crippen molar-refractivity contribution in [1.29, 1.82) is 0 Å². The molecule has 2 heteroatoms. The molecule has 0 aromatic carbocycles. The molecular formula is C20H38O2. The summed E-state index contributed by atoms with van der Waals surface area (Å²) >= 11 is 0. The number of rotatable bonds is 15. The SMILES string of the molecule is CCCCCCCCCCCCCCCCCC#CC(O)O. The van der Waals surface area contributed by atoms with Gasteiger partial charge < -0.3 is 10.2 Å². The highest BCUT2D eigenvalue weighted by molar-refractivity contribution is 5.00. The summed E-state index contributed by atoms with van der Waals surface area (Å²) in [5, 5.41) is 17.1. The molecule has 0 fully saturated rings. The van der Waals surface area contributed by atoms with E-state index < -0.39 is 6.29 Å². The lowest BCUT2D eigenvalue weighted by molar-refractivity contribution is 0.0107. The van der Waals surface area contributed by atoms with Crippen LogP contribution in [0.5, 0.6) is 0 Å². The Morgan fingerprint density at radius 3 is 1.32 bits per heavy atom. The van der Waals surface area contributed by atoms with Crippen molar-refractivity contribution in [3.05, 3.63) is 0 Å². The minimum atomic E-state index is -1.46. The van der Waals surface area contributed by atoms with Crippen LogP contribution in [0.3, 0.4) is 0 Å². The maximum absolute atomic E-state index is 8.56. The third-order valence-corrected chi connectivity index (χ3v) is 4.14. The van der Waals surface area contributed by atoms with Crippen molar-refractivity contribution in [2.75, 3.05) is 0 Å². The van der Waals surface area contributed by atoms with Gasteiger partial charge in [-0.2, -0.15) is 0 Å². The predicted molar refractivity (Wildman–Crippen MR) is 95.5 cm³/mol. The zero-order chi connectivity index (χ0) is 16.3. The molecule has 0 atom stereocenters. The fraction of sp³-hybridized carbons (Fsp3) is 0.900. The molecule has 0 rings (SSSR count). The fourth-order valence-electron chi connectivity index (χ4n) is 2.75. The van der Waals surface area contributed by atoms with Gasteiger partial charge in [0.05, 0.1) is 0 Å². The van der Waals surface area contributed by atoms with Gasteiger partial charge in [-0.25, -0.2) is 0 Å². The van der Waals surface area contributed by atoms with Gasteiger partial charge in [-0.05, 0) is 12.3 Å². The van der Waals surface area contributed by atoms with Gasteiger partial charge >= 0.3 is 0 Å². The van der Waals surface area contributed by atoms with Crippen LogP contribution >= 0.6 is 0 Å². The summed E-state index contributed by atoms with van der Waals surface area (Å²) in [5.41, 5.74) is 0. The maximum atomic E-state index is 8.56. The van der Waals surface area contributed by atoms with E-state index in [0.717, 1.165) is 12.8 Å². The van der Waals surface area contributed by atoms with Crippen molar-refractivity contribution in [3.63, 3.8) is 0 Å². The molecule has 0 heterocycles. The Morgan fingerprint density at radius 2 is 0.955 bits per heavy atom. The van der Waals surface area contributed by atoms with Crippen LogP contribution in [0.15, 0.2) is 0 Å². The molecule has 22 heavy (non-hydrogen) atoms. The number of aliphatic hydroxyl groups excluding tert-OH is 1. The van der Waals surface area contributed by atoms with E-state index in [1.807, 2.05) is 0 Å². The largest absolute Gasteiger partial charge is 0.358 e. The number of hydrogen-bond acceptors (Lipinski definition) is 2. The quantitative estimate of drug-likeness (QED) is 0.236. The Labute approximate surface area is 138 Å². The highest BCUT2D eigenvalue weighted by Crippen LogP contribution is 2.13. The molecule has 0 aliphatic heterocycles. The van der Waals surface area contributed by atoms with Crippen molar-refractivity contribution in [2.45, 2.75) is 116 Å². The molecule has 0 aliphatic rings. The standard InChI is InChI=1S/C20H38O2/c1-2-3-4-5-6-7-8-9-10-11-12-13-14-15-16-17-18-19-20(21)22/h20-22H,2-17H2,1H3. The number of unbranched alkanes of at least 4 members (excludes halogenated alkanes) is 15. The third kappa shape index (κ3) is 19.5.